The first kappa shape index (κ1) is 18.3. The monoisotopic (exact) mass is 310 g/mol. The van der Waals surface area contributed by atoms with Gasteiger partial charge in [0.25, 0.3) is 0 Å². The lowest BCUT2D eigenvalue weighted by Crippen LogP contribution is -2.12. The third kappa shape index (κ3) is 7.46. The molecule has 2 heteroatoms. The second-order valence-electron chi connectivity index (χ2n) is 8.07. The van der Waals surface area contributed by atoms with E-state index in [0.717, 1.165) is 50.4 Å². The topological polar surface area (TPSA) is 40.5 Å². The fraction of sp³-hybridized carbons (Fsp3) is 1.00. The summed E-state index contributed by atoms with van der Waals surface area (Å²) in [5.74, 6) is 1.61. The summed E-state index contributed by atoms with van der Waals surface area (Å²) >= 11 is 0. The first-order valence-electron chi connectivity index (χ1n) is 10.1. The molecule has 0 aromatic carbocycles. The first-order valence-corrected chi connectivity index (χ1v) is 10.1. The van der Waals surface area contributed by atoms with Crippen LogP contribution in [0, 0.1) is 11.8 Å². The number of aliphatic hydroxyl groups is 2. The lowest BCUT2D eigenvalue weighted by Gasteiger charge is -2.16. The Balaban J connectivity index is 1.38. The van der Waals surface area contributed by atoms with Crippen molar-refractivity contribution in [3.05, 3.63) is 0 Å². The summed E-state index contributed by atoms with van der Waals surface area (Å²) in [7, 11) is 0. The molecule has 130 valence electrons. The summed E-state index contributed by atoms with van der Waals surface area (Å²) in [5, 5.41) is 20.1. The highest BCUT2D eigenvalue weighted by atomic mass is 16.3. The SMILES string of the molecule is OC(CCCCCCC(O)CC1CCCC1)CC1CCCC1. The third-order valence-corrected chi connectivity index (χ3v) is 5.99. The Morgan fingerprint density at radius 3 is 1.32 bits per heavy atom. The number of aliphatic hydroxyl groups excluding tert-OH is 2. The molecular weight excluding hydrogens is 272 g/mol. The zero-order valence-corrected chi connectivity index (χ0v) is 14.5. The highest BCUT2D eigenvalue weighted by Crippen LogP contribution is 2.30. The Labute approximate surface area is 137 Å². The molecular formula is C20H38O2. The van der Waals surface area contributed by atoms with Gasteiger partial charge >= 0.3 is 0 Å². The van der Waals surface area contributed by atoms with Crippen molar-refractivity contribution in [1.29, 1.82) is 0 Å². The Bertz CT molecular complexity index is 239. The van der Waals surface area contributed by atoms with Gasteiger partial charge in [0.05, 0.1) is 12.2 Å². The molecule has 2 fully saturated rings. The minimum Gasteiger partial charge on any atom is -0.393 e. The molecule has 2 aliphatic carbocycles. The highest BCUT2D eigenvalue weighted by Gasteiger charge is 2.19. The summed E-state index contributed by atoms with van der Waals surface area (Å²) in [6, 6.07) is 0. The van der Waals surface area contributed by atoms with E-state index in [1.54, 1.807) is 0 Å². The van der Waals surface area contributed by atoms with Crippen molar-refractivity contribution in [1.82, 2.24) is 0 Å². The quantitative estimate of drug-likeness (QED) is 0.514. The molecule has 0 radical (unpaired) electrons. The van der Waals surface area contributed by atoms with Crippen molar-refractivity contribution in [2.75, 3.05) is 0 Å². The lowest BCUT2D eigenvalue weighted by atomic mass is 9.95. The van der Waals surface area contributed by atoms with Gasteiger partial charge in [0.1, 0.15) is 0 Å². The van der Waals surface area contributed by atoms with Gasteiger partial charge in [-0.15, -0.1) is 0 Å². The van der Waals surface area contributed by atoms with Crippen LogP contribution in [0.25, 0.3) is 0 Å². The zero-order valence-electron chi connectivity index (χ0n) is 14.5. The summed E-state index contributed by atoms with van der Waals surface area (Å²) in [6.07, 6.45) is 19.6. The van der Waals surface area contributed by atoms with Crippen molar-refractivity contribution >= 4 is 0 Å². The lowest BCUT2D eigenvalue weighted by molar-refractivity contribution is 0.126. The standard InChI is InChI=1S/C20H38O2/c21-19(15-17-9-5-6-10-17)13-3-1-2-4-14-20(22)16-18-11-7-8-12-18/h17-22H,1-16H2. The molecule has 2 aliphatic rings. The van der Waals surface area contributed by atoms with Crippen molar-refractivity contribution in [2.45, 2.75) is 115 Å². The summed E-state index contributed by atoms with van der Waals surface area (Å²) in [5.41, 5.74) is 0. The van der Waals surface area contributed by atoms with Crippen LogP contribution in [0.15, 0.2) is 0 Å². The second-order valence-corrected chi connectivity index (χ2v) is 8.07. The largest absolute Gasteiger partial charge is 0.393 e. The van der Waals surface area contributed by atoms with Gasteiger partial charge in [-0.05, 0) is 37.5 Å². The Morgan fingerprint density at radius 1 is 0.591 bits per heavy atom. The molecule has 2 unspecified atom stereocenters. The van der Waals surface area contributed by atoms with Gasteiger partial charge in [-0.1, -0.05) is 77.0 Å². The van der Waals surface area contributed by atoms with Crippen LogP contribution in [-0.4, -0.2) is 22.4 Å². The molecule has 0 amide bonds. The van der Waals surface area contributed by atoms with Gasteiger partial charge in [0.2, 0.25) is 0 Å². The molecule has 0 bridgehead atoms. The Morgan fingerprint density at radius 2 is 0.955 bits per heavy atom. The summed E-state index contributed by atoms with van der Waals surface area (Å²) in [6.45, 7) is 0. The average molecular weight is 311 g/mol. The maximum Gasteiger partial charge on any atom is 0.0542 e. The van der Waals surface area contributed by atoms with Crippen LogP contribution in [0.4, 0.5) is 0 Å². The van der Waals surface area contributed by atoms with Gasteiger partial charge in [-0.2, -0.15) is 0 Å². The molecule has 0 saturated heterocycles. The zero-order chi connectivity index (χ0) is 15.6. The van der Waals surface area contributed by atoms with Crippen molar-refractivity contribution in [3.8, 4) is 0 Å². The fourth-order valence-corrected chi connectivity index (χ4v) is 4.61. The predicted octanol–water partition coefficient (Wildman–Crippen LogP) is 5.21. The summed E-state index contributed by atoms with van der Waals surface area (Å²) in [4.78, 5) is 0. The minimum absolute atomic E-state index is 0.0592. The van der Waals surface area contributed by atoms with Gasteiger partial charge in [0.15, 0.2) is 0 Å². The van der Waals surface area contributed by atoms with Gasteiger partial charge in [-0.25, -0.2) is 0 Å². The molecule has 22 heavy (non-hydrogen) atoms. The van der Waals surface area contributed by atoms with E-state index in [1.807, 2.05) is 0 Å². The molecule has 0 aliphatic heterocycles. The molecule has 2 atom stereocenters. The van der Waals surface area contributed by atoms with E-state index in [1.165, 1.54) is 64.2 Å². The fourth-order valence-electron chi connectivity index (χ4n) is 4.61. The van der Waals surface area contributed by atoms with E-state index in [2.05, 4.69) is 0 Å². The molecule has 0 heterocycles. The van der Waals surface area contributed by atoms with Gasteiger partial charge in [0, 0.05) is 0 Å². The molecule has 2 saturated carbocycles. The van der Waals surface area contributed by atoms with E-state index < -0.39 is 0 Å². The molecule has 2 nitrogen and oxygen atoms in total. The van der Waals surface area contributed by atoms with Gasteiger partial charge < -0.3 is 10.2 Å². The normalized spacial score (nSPS) is 23.2. The van der Waals surface area contributed by atoms with Crippen molar-refractivity contribution < 1.29 is 10.2 Å². The van der Waals surface area contributed by atoms with Crippen LogP contribution in [0.1, 0.15) is 103 Å². The number of hydrogen-bond acceptors (Lipinski definition) is 2. The van der Waals surface area contributed by atoms with E-state index in [9.17, 15) is 10.2 Å². The van der Waals surface area contributed by atoms with Crippen LogP contribution < -0.4 is 0 Å². The number of unbranched alkanes of at least 4 members (excludes halogenated alkanes) is 3. The molecule has 2 N–H and O–H groups in total. The highest BCUT2D eigenvalue weighted by molar-refractivity contribution is 4.72. The Kier molecular flexibility index (Phi) is 8.84. The first-order chi connectivity index (χ1) is 10.7. The smallest absolute Gasteiger partial charge is 0.0542 e. The average Bonchev–Trinajstić information content (AvgIpc) is 3.16. The molecule has 0 aromatic heterocycles. The number of hydrogen-bond donors (Lipinski definition) is 2. The van der Waals surface area contributed by atoms with Crippen LogP contribution in [-0.2, 0) is 0 Å². The van der Waals surface area contributed by atoms with E-state index in [-0.39, 0.29) is 12.2 Å². The maximum absolute atomic E-state index is 10.1. The number of rotatable bonds is 11. The molecule has 2 rings (SSSR count). The summed E-state index contributed by atoms with van der Waals surface area (Å²) < 4.78 is 0. The Hall–Kier alpha value is -0.0800. The third-order valence-electron chi connectivity index (χ3n) is 5.99. The van der Waals surface area contributed by atoms with E-state index >= 15 is 0 Å². The van der Waals surface area contributed by atoms with Crippen molar-refractivity contribution in [2.24, 2.45) is 11.8 Å². The van der Waals surface area contributed by atoms with Crippen LogP contribution in [0.3, 0.4) is 0 Å². The second kappa shape index (κ2) is 10.6. The minimum atomic E-state index is -0.0592. The van der Waals surface area contributed by atoms with Crippen LogP contribution in [0.2, 0.25) is 0 Å². The molecule has 0 aromatic rings. The van der Waals surface area contributed by atoms with E-state index in [0.29, 0.717) is 0 Å². The van der Waals surface area contributed by atoms with Crippen LogP contribution >= 0.6 is 0 Å². The predicted molar refractivity (Wildman–Crippen MR) is 92.9 cm³/mol. The molecule has 0 spiro atoms. The maximum atomic E-state index is 10.1. The van der Waals surface area contributed by atoms with Gasteiger partial charge in [-0.3, -0.25) is 0 Å². The van der Waals surface area contributed by atoms with E-state index in [4.69, 9.17) is 0 Å². The van der Waals surface area contributed by atoms with Crippen molar-refractivity contribution in [3.63, 3.8) is 0 Å². The van der Waals surface area contributed by atoms with Crippen LogP contribution in [0.5, 0.6) is 0 Å².